The number of nitrogens with one attached hydrogen (secondary N) is 1. The van der Waals surface area contributed by atoms with Crippen LogP contribution in [0.4, 0.5) is 4.79 Å². The Labute approximate surface area is 130 Å². The highest BCUT2D eigenvalue weighted by Gasteiger charge is 2.22. The summed E-state index contributed by atoms with van der Waals surface area (Å²) in [6, 6.07) is -0.218. The maximum Gasteiger partial charge on any atom is 0.317 e. The minimum atomic E-state index is -0.218. The van der Waals surface area contributed by atoms with Gasteiger partial charge in [-0.25, -0.2) is 4.79 Å². The summed E-state index contributed by atoms with van der Waals surface area (Å²) in [5.41, 5.74) is -0.180. The molecular formula is C14H24N4O4. The third-order valence-electron chi connectivity index (χ3n) is 3.24. The van der Waals surface area contributed by atoms with E-state index in [1.807, 2.05) is 20.8 Å². The first-order chi connectivity index (χ1) is 10.4. The van der Waals surface area contributed by atoms with E-state index in [2.05, 4.69) is 15.5 Å². The van der Waals surface area contributed by atoms with Crippen molar-refractivity contribution in [2.45, 2.75) is 38.8 Å². The topological polar surface area (TPSA) is 89.7 Å². The van der Waals surface area contributed by atoms with E-state index in [0.717, 1.165) is 0 Å². The normalized spacial score (nSPS) is 19.0. The Balaban J connectivity index is 1.78. The van der Waals surface area contributed by atoms with Crippen LogP contribution >= 0.6 is 0 Å². The highest BCUT2D eigenvalue weighted by atomic mass is 16.6. The fraction of sp³-hybridized carbons (Fsp3) is 0.786. The quantitative estimate of drug-likeness (QED) is 0.889. The molecule has 1 aliphatic heterocycles. The van der Waals surface area contributed by atoms with E-state index in [-0.39, 0.29) is 24.1 Å². The minimum Gasteiger partial charge on any atom is -0.376 e. The molecular weight excluding hydrogens is 288 g/mol. The van der Waals surface area contributed by atoms with E-state index in [9.17, 15) is 4.79 Å². The van der Waals surface area contributed by atoms with Crippen LogP contribution in [0.1, 0.15) is 32.5 Å². The molecule has 2 heterocycles. The molecule has 8 nitrogen and oxygen atoms in total. The Kier molecular flexibility index (Phi) is 5.36. The van der Waals surface area contributed by atoms with Crippen LogP contribution in [0.3, 0.4) is 0 Å². The van der Waals surface area contributed by atoms with Gasteiger partial charge in [-0.1, -0.05) is 25.9 Å². The van der Waals surface area contributed by atoms with E-state index in [0.29, 0.717) is 38.1 Å². The molecule has 2 amide bonds. The number of amides is 2. The van der Waals surface area contributed by atoms with Gasteiger partial charge in [0.15, 0.2) is 5.82 Å². The number of hydrogen-bond donors (Lipinski definition) is 1. The van der Waals surface area contributed by atoms with E-state index >= 15 is 0 Å². The van der Waals surface area contributed by atoms with Gasteiger partial charge in [0.25, 0.3) is 0 Å². The lowest BCUT2D eigenvalue weighted by molar-refractivity contribution is -0.0928. The zero-order chi connectivity index (χ0) is 16.2. The highest BCUT2D eigenvalue weighted by molar-refractivity contribution is 5.73. The van der Waals surface area contributed by atoms with Crippen molar-refractivity contribution in [1.82, 2.24) is 20.4 Å². The van der Waals surface area contributed by atoms with Crippen LogP contribution in [-0.4, -0.2) is 60.6 Å². The van der Waals surface area contributed by atoms with Gasteiger partial charge in [-0.05, 0) is 0 Å². The Bertz CT molecular complexity index is 491. The Morgan fingerprint density at radius 2 is 2.18 bits per heavy atom. The number of aromatic nitrogens is 2. The Hall–Kier alpha value is -1.67. The third kappa shape index (κ3) is 4.67. The molecule has 0 saturated carbocycles. The molecule has 2 rings (SSSR count). The van der Waals surface area contributed by atoms with Crippen LogP contribution in [0.25, 0.3) is 0 Å². The third-order valence-corrected chi connectivity index (χ3v) is 3.24. The summed E-state index contributed by atoms with van der Waals surface area (Å²) in [7, 11) is 1.71. The fourth-order valence-electron chi connectivity index (χ4n) is 1.95. The number of rotatable bonds is 4. The molecule has 0 spiro atoms. The fourth-order valence-corrected chi connectivity index (χ4v) is 1.95. The van der Waals surface area contributed by atoms with Gasteiger partial charge in [-0.15, -0.1) is 0 Å². The molecule has 0 bridgehead atoms. The largest absolute Gasteiger partial charge is 0.376 e. The van der Waals surface area contributed by atoms with Crippen LogP contribution < -0.4 is 5.32 Å². The van der Waals surface area contributed by atoms with Gasteiger partial charge < -0.3 is 24.2 Å². The van der Waals surface area contributed by atoms with Crippen LogP contribution in [0.15, 0.2) is 4.52 Å². The monoisotopic (exact) mass is 312 g/mol. The van der Waals surface area contributed by atoms with Crippen LogP contribution in [0.2, 0.25) is 0 Å². The van der Waals surface area contributed by atoms with Crippen molar-refractivity contribution in [3.05, 3.63) is 11.7 Å². The van der Waals surface area contributed by atoms with Crippen molar-refractivity contribution >= 4 is 6.03 Å². The summed E-state index contributed by atoms with van der Waals surface area (Å²) in [5, 5.41) is 6.66. The number of ether oxygens (including phenoxy) is 2. The molecule has 1 saturated heterocycles. The predicted molar refractivity (Wildman–Crippen MR) is 78.4 cm³/mol. The molecule has 22 heavy (non-hydrogen) atoms. The van der Waals surface area contributed by atoms with Crippen LogP contribution in [0.5, 0.6) is 0 Å². The van der Waals surface area contributed by atoms with Crippen molar-refractivity contribution in [2.75, 3.05) is 33.4 Å². The van der Waals surface area contributed by atoms with E-state index < -0.39 is 0 Å². The SMILES string of the molecule is CN(C[C@@H]1COCCO1)C(=O)NCc1nc(C(C)(C)C)no1. The Morgan fingerprint density at radius 1 is 1.41 bits per heavy atom. The number of carbonyl (C=O) groups excluding carboxylic acids is 1. The first-order valence-corrected chi connectivity index (χ1v) is 7.37. The van der Waals surface area contributed by atoms with E-state index in [4.69, 9.17) is 14.0 Å². The van der Waals surface area contributed by atoms with Gasteiger partial charge in [-0.2, -0.15) is 4.98 Å². The molecule has 1 N–H and O–H groups in total. The highest BCUT2D eigenvalue weighted by Crippen LogP contribution is 2.18. The number of urea groups is 1. The summed E-state index contributed by atoms with van der Waals surface area (Å²) in [4.78, 5) is 17.9. The summed E-state index contributed by atoms with van der Waals surface area (Å²) in [5.74, 6) is 1.02. The molecule has 1 aromatic rings. The van der Waals surface area contributed by atoms with Gasteiger partial charge in [-0.3, -0.25) is 0 Å². The van der Waals surface area contributed by atoms with Crippen molar-refractivity contribution in [2.24, 2.45) is 0 Å². The molecule has 0 radical (unpaired) electrons. The van der Waals surface area contributed by atoms with Crippen molar-refractivity contribution < 1.29 is 18.8 Å². The molecule has 0 aliphatic carbocycles. The number of nitrogens with zero attached hydrogens (tertiary/aromatic N) is 3. The molecule has 1 atom stereocenters. The zero-order valence-corrected chi connectivity index (χ0v) is 13.6. The summed E-state index contributed by atoms with van der Waals surface area (Å²) >= 11 is 0. The summed E-state index contributed by atoms with van der Waals surface area (Å²) < 4.78 is 16.0. The minimum absolute atomic E-state index is 0.0830. The molecule has 0 unspecified atom stereocenters. The summed E-state index contributed by atoms with van der Waals surface area (Å²) in [6.07, 6.45) is -0.0830. The molecule has 0 aromatic carbocycles. The first-order valence-electron chi connectivity index (χ1n) is 7.37. The lowest BCUT2D eigenvalue weighted by Crippen LogP contribution is -2.44. The van der Waals surface area contributed by atoms with Crippen molar-refractivity contribution in [3.8, 4) is 0 Å². The predicted octanol–water partition coefficient (Wildman–Crippen LogP) is 0.924. The van der Waals surface area contributed by atoms with Gasteiger partial charge >= 0.3 is 6.03 Å². The van der Waals surface area contributed by atoms with Gasteiger partial charge in [0.05, 0.1) is 39.0 Å². The van der Waals surface area contributed by atoms with E-state index in [1.54, 1.807) is 11.9 Å². The number of hydrogen-bond acceptors (Lipinski definition) is 6. The van der Waals surface area contributed by atoms with Crippen LogP contribution in [-0.2, 0) is 21.4 Å². The standard InChI is InChI=1S/C14H24N4O4/c1-14(2,3)12-16-11(22-17-12)7-15-13(19)18(4)8-10-9-20-5-6-21-10/h10H,5-9H2,1-4H3,(H,15,19)/t10-/m1/s1. The van der Waals surface area contributed by atoms with Crippen molar-refractivity contribution in [3.63, 3.8) is 0 Å². The molecule has 1 aromatic heterocycles. The average molecular weight is 312 g/mol. The zero-order valence-electron chi connectivity index (χ0n) is 13.6. The lowest BCUT2D eigenvalue weighted by Gasteiger charge is -2.27. The van der Waals surface area contributed by atoms with E-state index in [1.165, 1.54) is 0 Å². The second-order valence-corrected chi connectivity index (χ2v) is 6.37. The van der Waals surface area contributed by atoms with Crippen LogP contribution in [0, 0.1) is 0 Å². The Morgan fingerprint density at radius 3 is 2.77 bits per heavy atom. The molecule has 1 fully saturated rings. The number of carbonyl (C=O) groups is 1. The average Bonchev–Trinajstić information content (AvgIpc) is 2.94. The first kappa shape index (κ1) is 16.7. The molecule has 8 heteroatoms. The summed E-state index contributed by atoms with van der Waals surface area (Å²) in [6.45, 7) is 8.37. The van der Waals surface area contributed by atoms with Crippen molar-refractivity contribution in [1.29, 1.82) is 0 Å². The lowest BCUT2D eigenvalue weighted by atomic mass is 9.96. The molecule has 124 valence electrons. The van der Waals surface area contributed by atoms with Gasteiger partial charge in [0.1, 0.15) is 0 Å². The van der Waals surface area contributed by atoms with Gasteiger partial charge in [0.2, 0.25) is 5.89 Å². The molecule has 1 aliphatic rings. The second kappa shape index (κ2) is 7.06. The number of likely N-dealkylation sites (N-methyl/N-ethyl adjacent to an activating group) is 1. The van der Waals surface area contributed by atoms with Gasteiger partial charge in [0, 0.05) is 12.5 Å². The smallest absolute Gasteiger partial charge is 0.317 e. The maximum absolute atomic E-state index is 12.0. The second-order valence-electron chi connectivity index (χ2n) is 6.37. The maximum atomic E-state index is 12.0.